The van der Waals surface area contributed by atoms with Gasteiger partial charge in [-0.05, 0) is 49.1 Å². The van der Waals surface area contributed by atoms with E-state index in [0.29, 0.717) is 22.6 Å². The molecule has 1 amide bonds. The number of nitrogens with zero attached hydrogens (tertiary/aromatic N) is 1. The molecule has 1 fully saturated rings. The highest BCUT2D eigenvalue weighted by Gasteiger charge is 2.48. The Labute approximate surface area is 193 Å². The van der Waals surface area contributed by atoms with Crippen molar-refractivity contribution in [2.45, 2.75) is 33.2 Å². The molecule has 0 radical (unpaired) electrons. The lowest BCUT2D eigenvalue weighted by molar-refractivity contribution is -0.132. The number of ether oxygens (including phenoxy) is 1. The number of amides is 1. The van der Waals surface area contributed by atoms with Crippen LogP contribution in [0.4, 0.5) is 5.69 Å². The van der Waals surface area contributed by atoms with Crippen LogP contribution in [0.5, 0.6) is 5.75 Å². The van der Waals surface area contributed by atoms with E-state index in [-0.39, 0.29) is 11.3 Å². The van der Waals surface area contributed by atoms with Crippen LogP contribution in [0.15, 0.2) is 72.3 Å². The topological polar surface area (TPSA) is 66.8 Å². The van der Waals surface area contributed by atoms with Crippen molar-refractivity contribution in [1.82, 2.24) is 0 Å². The molecule has 33 heavy (non-hydrogen) atoms. The van der Waals surface area contributed by atoms with Crippen LogP contribution >= 0.6 is 0 Å². The molecular formula is C28H27NO4. The van der Waals surface area contributed by atoms with Gasteiger partial charge in [0.15, 0.2) is 0 Å². The number of carbonyl (C=O) groups excluding carboxylic acids is 2. The van der Waals surface area contributed by atoms with Crippen molar-refractivity contribution in [3.8, 4) is 5.75 Å². The largest absolute Gasteiger partial charge is 0.507 e. The third-order valence-corrected chi connectivity index (χ3v) is 6.14. The van der Waals surface area contributed by atoms with E-state index in [1.54, 1.807) is 25.3 Å². The molecule has 0 spiro atoms. The van der Waals surface area contributed by atoms with E-state index in [1.807, 2.05) is 69.3 Å². The zero-order chi connectivity index (χ0) is 23.7. The summed E-state index contributed by atoms with van der Waals surface area (Å²) in [5, 5.41) is 11.3. The molecule has 1 heterocycles. The summed E-state index contributed by atoms with van der Waals surface area (Å²) in [5.41, 5.74) is 4.74. The SMILES string of the molecule is CCc1ccc(/C(O)=C2\C(=O)C(=O)N(c3cc(C)ccc3C)C2c2ccccc2OC)cc1. The van der Waals surface area contributed by atoms with Crippen LogP contribution in [0, 0.1) is 13.8 Å². The van der Waals surface area contributed by atoms with Gasteiger partial charge < -0.3 is 9.84 Å². The van der Waals surface area contributed by atoms with Crippen molar-refractivity contribution >= 4 is 23.1 Å². The maximum absolute atomic E-state index is 13.4. The van der Waals surface area contributed by atoms with E-state index in [0.717, 1.165) is 23.1 Å². The third kappa shape index (κ3) is 3.91. The average Bonchev–Trinajstić information content (AvgIpc) is 3.10. The van der Waals surface area contributed by atoms with E-state index in [4.69, 9.17) is 4.74 Å². The lowest BCUT2D eigenvalue weighted by Gasteiger charge is -2.28. The second-order valence-electron chi connectivity index (χ2n) is 8.25. The Morgan fingerprint density at radius 1 is 1.00 bits per heavy atom. The van der Waals surface area contributed by atoms with E-state index in [2.05, 4.69) is 0 Å². The molecule has 0 bridgehead atoms. The molecule has 1 atom stereocenters. The fourth-order valence-electron chi connectivity index (χ4n) is 4.30. The van der Waals surface area contributed by atoms with Gasteiger partial charge in [0.05, 0.1) is 18.7 Å². The van der Waals surface area contributed by atoms with Crippen LogP contribution in [0.2, 0.25) is 0 Å². The van der Waals surface area contributed by atoms with Gasteiger partial charge in [0.1, 0.15) is 11.5 Å². The zero-order valence-electron chi connectivity index (χ0n) is 19.3. The van der Waals surface area contributed by atoms with Crippen molar-refractivity contribution in [2.75, 3.05) is 12.0 Å². The van der Waals surface area contributed by atoms with Crippen molar-refractivity contribution in [3.63, 3.8) is 0 Å². The molecule has 1 aliphatic rings. The Balaban J connectivity index is 1.99. The van der Waals surface area contributed by atoms with Crippen molar-refractivity contribution in [1.29, 1.82) is 0 Å². The number of carbonyl (C=O) groups is 2. The lowest BCUT2D eigenvalue weighted by Crippen LogP contribution is -2.30. The minimum absolute atomic E-state index is 0.0506. The Kier molecular flexibility index (Phi) is 6.05. The molecule has 1 unspecified atom stereocenters. The fraction of sp³-hybridized carbons (Fsp3) is 0.214. The molecule has 1 N–H and O–H groups in total. The number of aliphatic hydroxyl groups excluding tert-OH is 1. The summed E-state index contributed by atoms with van der Waals surface area (Å²) in [6.45, 7) is 5.88. The lowest BCUT2D eigenvalue weighted by atomic mass is 9.94. The highest BCUT2D eigenvalue weighted by molar-refractivity contribution is 6.51. The number of hydrogen-bond donors (Lipinski definition) is 1. The summed E-state index contributed by atoms with van der Waals surface area (Å²) in [6, 6.07) is 19.6. The van der Waals surface area contributed by atoms with E-state index < -0.39 is 17.7 Å². The second-order valence-corrected chi connectivity index (χ2v) is 8.25. The molecule has 5 nitrogen and oxygen atoms in total. The molecule has 5 heteroatoms. The first kappa shape index (κ1) is 22.3. The maximum Gasteiger partial charge on any atom is 0.300 e. The van der Waals surface area contributed by atoms with Gasteiger partial charge in [-0.15, -0.1) is 0 Å². The number of anilines is 1. The number of ketones is 1. The average molecular weight is 442 g/mol. The second kappa shape index (κ2) is 8.94. The maximum atomic E-state index is 13.4. The Hall–Kier alpha value is -3.86. The predicted octanol–water partition coefficient (Wildman–Crippen LogP) is 5.50. The predicted molar refractivity (Wildman–Crippen MR) is 130 cm³/mol. The standard InChI is InChI=1S/C28H27NO4/c1-5-19-12-14-20(15-13-19)26(30)24-25(21-8-6-7-9-23(21)33-4)29(28(32)27(24)31)22-16-17(2)10-11-18(22)3/h6-16,25,30H,5H2,1-4H3/b26-24+. The smallest absolute Gasteiger partial charge is 0.300 e. The molecule has 0 aromatic heterocycles. The van der Waals surface area contributed by atoms with Gasteiger partial charge in [-0.3, -0.25) is 14.5 Å². The van der Waals surface area contributed by atoms with Crippen LogP contribution in [-0.4, -0.2) is 23.9 Å². The summed E-state index contributed by atoms with van der Waals surface area (Å²) in [6.07, 6.45) is 0.860. The highest BCUT2D eigenvalue weighted by Crippen LogP contribution is 2.45. The number of rotatable bonds is 5. The van der Waals surface area contributed by atoms with Crippen molar-refractivity contribution < 1.29 is 19.4 Å². The molecule has 1 saturated heterocycles. The highest BCUT2D eigenvalue weighted by atomic mass is 16.5. The van der Waals surface area contributed by atoms with Gasteiger partial charge in [-0.1, -0.05) is 61.5 Å². The van der Waals surface area contributed by atoms with Gasteiger partial charge >= 0.3 is 0 Å². The molecule has 168 valence electrons. The number of methoxy groups -OCH3 is 1. The van der Waals surface area contributed by atoms with Gasteiger partial charge in [0, 0.05) is 16.8 Å². The zero-order valence-corrected chi connectivity index (χ0v) is 19.3. The molecule has 1 aliphatic heterocycles. The molecular weight excluding hydrogens is 414 g/mol. The van der Waals surface area contributed by atoms with E-state index in [9.17, 15) is 14.7 Å². The summed E-state index contributed by atoms with van der Waals surface area (Å²) in [4.78, 5) is 28.2. The third-order valence-electron chi connectivity index (χ3n) is 6.14. The number of Topliss-reactive ketones (excluding diaryl/α,β-unsaturated/α-hetero) is 1. The van der Waals surface area contributed by atoms with E-state index in [1.165, 1.54) is 4.90 Å². The first-order chi connectivity index (χ1) is 15.9. The van der Waals surface area contributed by atoms with Gasteiger partial charge in [-0.25, -0.2) is 0 Å². The number of benzene rings is 3. The number of para-hydroxylation sites is 1. The number of aliphatic hydroxyl groups is 1. The normalized spacial score (nSPS) is 17.5. The summed E-state index contributed by atoms with van der Waals surface area (Å²) >= 11 is 0. The van der Waals surface area contributed by atoms with Crippen LogP contribution in [-0.2, 0) is 16.0 Å². The van der Waals surface area contributed by atoms with Crippen LogP contribution in [0.1, 0.15) is 40.8 Å². The summed E-state index contributed by atoms with van der Waals surface area (Å²) in [5.74, 6) is -1.05. The number of hydrogen-bond acceptors (Lipinski definition) is 4. The first-order valence-corrected chi connectivity index (χ1v) is 11.0. The minimum atomic E-state index is -0.826. The van der Waals surface area contributed by atoms with Crippen LogP contribution < -0.4 is 9.64 Å². The monoisotopic (exact) mass is 441 g/mol. The molecule has 3 aromatic carbocycles. The summed E-state index contributed by atoms with van der Waals surface area (Å²) in [7, 11) is 1.55. The van der Waals surface area contributed by atoms with Gasteiger partial charge in [-0.2, -0.15) is 0 Å². The molecule has 0 aliphatic carbocycles. The Bertz CT molecular complexity index is 1260. The van der Waals surface area contributed by atoms with Gasteiger partial charge in [0.2, 0.25) is 0 Å². The van der Waals surface area contributed by atoms with Crippen LogP contribution in [0.25, 0.3) is 5.76 Å². The molecule has 0 saturated carbocycles. The molecule has 4 rings (SSSR count). The minimum Gasteiger partial charge on any atom is -0.507 e. The fourth-order valence-corrected chi connectivity index (χ4v) is 4.30. The quantitative estimate of drug-likeness (QED) is 0.322. The van der Waals surface area contributed by atoms with E-state index >= 15 is 0 Å². The van der Waals surface area contributed by atoms with Crippen LogP contribution in [0.3, 0.4) is 0 Å². The molecule has 3 aromatic rings. The Morgan fingerprint density at radius 2 is 1.70 bits per heavy atom. The summed E-state index contributed by atoms with van der Waals surface area (Å²) < 4.78 is 5.58. The van der Waals surface area contributed by atoms with Crippen molar-refractivity contribution in [3.05, 3.63) is 100 Å². The number of aryl methyl sites for hydroxylation is 3. The first-order valence-electron chi connectivity index (χ1n) is 11.0. The van der Waals surface area contributed by atoms with Crippen molar-refractivity contribution in [2.24, 2.45) is 0 Å². The Morgan fingerprint density at radius 3 is 2.36 bits per heavy atom. The van der Waals surface area contributed by atoms with Gasteiger partial charge in [0.25, 0.3) is 11.7 Å².